The largest absolute Gasteiger partial charge is 0.466 e. The quantitative estimate of drug-likeness (QED) is 0.420. The third-order valence-electron chi connectivity index (χ3n) is 4.14. The number of nitrogens with zero attached hydrogens (tertiary/aromatic N) is 1. The first-order chi connectivity index (χ1) is 12.0. The first-order valence-electron chi connectivity index (χ1n) is 8.99. The predicted octanol–water partition coefficient (Wildman–Crippen LogP) is 3.22. The Morgan fingerprint density at radius 1 is 1.19 bits per heavy atom. The fourth-order valence-electron chi connectivity index (χ4n) is 2.95. The Morgan fingerprint density at radius 3 is 2.38 bits per heavy atom. The molecule has 0 N–H and O–H groups in total. The summed E-state index contributed by atoms with van der Waals surface area (Å²) in [7, 11) is 1.25. The minimum absolute atomic E-state index is 0.0658. The average Bonchev–Trinajstić information content (AvgIpc) is 2.76. The number of carbonyl (C=O) groups excluding carboxylic acids is 3. The van der Waals surface area contributed by atoms with Gasteiger partial charge in [0, 0.05) is 25.9 Å². The lowest BCUT2D eigenvalue weighted by atomic mass is 9.98. The van der Waals surface area contributed by atoms with Crippen LogP contribution in [0.2, 0.25) is 0 Å². The number of hydrogen-bond acceptors (Lipinski definition) is 6. The molecule has 0 radical (unpaired) electrons. The first-order valence-corrected chi connectivity index (χ1v) is 8.99. The van der Waals surface area contributed by atoms with E-state index in [1.54, 1.807) is 4.90 Å². The predicted molar refractivity (Wildman–Crippen MR) is 96.5 cm³/mol. The van der Waals surface area contributed by atoms with Gasteiger partial charge in [0.05, 0.1) is 12.7 Å². The number of methoxy groups -OCH3 is 1. The highest BCUT2D eigenvalue weighted by Gasteiger charge is 2.34. The molecular formula is C19H31NO6. The van der Waals surface area contributed by atoms with Gasteiger partial charge >= 0.3 is 18.0 Å². The Kier molecular flexibility index (Phi) is 8.11. The molecule has 1 heterocycles. The molecule has 1 aliphatic heterocycles. The molecule has 0 aliphatic carbocycles. The van der Waals surface area contributed by atoms with Crippen LogP contribution in [0.15, 0.2) is 12.2 Å². The van der Waals surface area contributed by atoms with E-state index in [1.165, 1.54) is 14.0 Å². The smallest absolute Gasteiger partial charge is 0.410 e. The molecule has 1 fully saturated rings. The number of likely N-dealkylation sites (tertiary alicyclic amines) is 1. The summed E-state index contributed by atoms with van der Waals surface area (Å²) in [6, 6.07) is -0.210. The van der Waals surface area contributed by atoms with Crippen molar-refractivity contribution in [3.05, 3.63) is 12.2 Å². The second-order valence-electron chi connectivity index (χ2n) is 7.53. The summed E-state index contributed by atoms with van der Waals surface area (Å²) < 4.78 is 15.5. The molecule has 7 heteroatoms. The van der Waals surface area contributed by atoms with Crippen molar-refractivity contribution in [2.45, 2.75) is 77.5 Å². The van der Waals surface area contributed by atoms with Crippen LogP contribution in [0, 0.1) is 0 Å². The summed E-state index contributed by atoms with van der Waals surface area (Å²) in [6.07, 6.45) is 2.63. The van der Waals surface area contributed by atoms with E-state index in [2.05, 4.69) is 6.58 Å². The zero-order valence-corrected chi connectivity index (χ0v) is 16.5. The summed E-state index contributed by atoms with van der Waals surface area (Å²) in [4.78, 5) is 37.6. The van der Waals surface area contributed by atoms with Gasteiger partial charge in [0.25, 0.3) is 0 Å². The van der Waals surface area contributed by atoms with Gasteiger partial charge in [0.1, 0.15) is 11.7 Å². The van der Waals surface area contributed by atoms with E-state index in [0.29, 0.717) is 6.54 Å². The van der Waals surface area contributed by atoms with E-state index >= 15 is 0 Å². The molecule has 1 rings (SSSR count). The summed E-state index contributed by atoms with van der Waals surface area (Å²) in [6.45, 7) is 11.0. The SMILES string of the molecule is C=C(C(=O)OC)C(CC1CCCCCN1C(=O)OC(C)(C)C)OC(C)=O. The Morgan fingerprint density at radius 2 is 1.85 bits per heavy atom. The van der Waals surface area contributed by atoms with Gasteiger partial charge in [-0.25, -0.2) is 9.59 Å². The molecule has 26 heavy (non-hydrogen) atoms. The number of rotatable bonds is 5. The lowest BCUT2D eigenvalue weighted by Gasteiger charge is -2.34. The van der Waals surface area contributed by atoms with Gasteiger partial charge in [0.2, 0.25) is 0 Å². The zero-order chi connectivity index (χ0) is 19.9. The maximum atomic E-state index is 12.6. The highest BCUT2D eigenvalue weighted by atomic mass is 16.6. The van der Waals surface area contributed by atoms with Crippen LogP contribution >= 0.6 is 0 Å². The van der Waals surface area contributed by atoms with Gasteiger partial charge in [-0.05, 0) is 33.6 Å². The molecule has 1 aliphatic rings. The van der Waals surface area contributed by atoms with Crippen molar-refractivity contribution in [1.29, 1.82) is 0 Å². The second kappa shape index (κ2) is 9.59. The van der Waals surface area contributed by atoms with E-state index < -0.39 is 29.7 Å². The molecule has 1 amide bonds. The summed E-state index contributed by atoms with van der Waals surface area (Å²) >= 11 is 0. The normalized spacial score (nSPS) is 19.1. The van der Waals surface area contributed by atoms with Crippen molar-refractivity contribution < 1.29 is 28.6 Å². The number of esters is 2. The van der Waals surface area contributed by atoms with E-state index in [4.69, 9.17) is 14.2 Å². The molecule has 0 bridgehead atoms. The summed E-state index contributed by atoms with van der Waals surface area (Å²) in [5.74, 6) is -1.15. The lowest BCUT2D eigenvalue weighted by molar-refractivity contribution is -0.147. The van der Waals surface area contributed by atoms with E-state index in [0.717, 1.165) is 25.7 Å². The highest BCUT2D eigenvalue weighted by Crippen LogP contribution is 2.26. The minimum Gasteiger partial charge on any atom is -0.466 e. The maximum absolute atomic E-state index is 12.6. The van der Waals surface area contributed by atoms with Gasteiger partial charge < -0.3 is 19.1 Å². The Labute approximate surface area is 155 Å². The Balaban J connectivity index is 2.98. The molecule has 1 saturated heterocycles. The van der Waals surface area contributed by atoms with Crippen LogP contribution in [0.4, 0.5) is 4.79 Å². The van der Waals surface area contributed by atoms with Gasteiger partial charge in [-0.3, -0.25) is 4.79 Å². The average molecular weight is 369 g/mol. The zero-order valence-electron chi connectivity index (χ0n) is 16.5. The van der Waals surface area contributed by atoms with Crippen LogP contribution < -0.4 is 0 Å². The molecule has 0 spiro atoms. The minimum atomic E-state index is -0.840. The van der Waals surface area contributed by atoms with Crippen LogP contribution in [0.1, 0.15) is 59.8 Å². The van der Waals surface area contributed by atoms with Gasteiger partial charge in [-0.2, -0.15) is 0 Å². The van der Waals surface area contributed by atoms with Crippen molar-refractivity contribution in [1.82, 2.24) is 4.90 Å². The van der Waals surface area contributed by atoms with Crippen LogP contribution in [0.25, 0.3) is 0 Å². The van der Waals surface area contributed by atoms with Crippen LogP contribution in [0.5, 0.6) is 0 Å². The fourth-order valence-corrected chi connectivity index (χ4v) is 2.95. The molecule has 2 atom stereocenters. The van der Waals surface area contributed by atoms with Crippen LogP contribution in [-0.4, -0.2) is 54.3 Å². The summed E-state index contributed by atoms with van der Waals surface area (Å²) in [5, 5.41) is 0. The van der Waals surface area contributed by atoms with Crippen LogP contribution in [-0.2, 0) is 23.8 Å². The van der Waals surface area contributed by atoms with Crippen molar-refractivity contribution in [3.63, 3.8) is 0 Å². The van der Waals surface area contributed by atoms with Gasteiger partial charge in [-0.15, -0.1) is 0 Å². The lowest BCUT2D eigenvalue weighted by Crippen LogP contribution is -2.45. The van der Waals surface area contributed by atoms with Gasteiger partial charge in [0.15, 0.2) is 0 Å². The molecule has 148 valence electrons. The number of ether oxygens (including phenoxy) is 3. The van der Waals surface area contributed by atoms with Crippen LogP contribution in [0.3, 0.4) is 0 Å². The molecule has 0 aromatic rings. The molecule has 0 aromatic heterocycles. The van der Waals surface area contributed by atoms with Crippen molar-refractivity contribution in [3.8, 4) is 0 Å². The molecule has 2 unspecified atom stereocenters. The van der Waals surface area contributed by atoms with Crippen molar-refractivity contribution >= 4 is 18.0 Å². The highest BCUT2D eigenvalue weighted by molar-refractivity contribution is 5.89. The maximum Gasteiger partial charge on any atom is 0.410 e. The molecule has 7 nitrogen and oxygen atoms in total. The molecule has 0 aromatic carbocycles. The summed E-state index contributed by atoms with van der Waals surface area (Å²) in [5.41, 5.74) is -0.533. The van der Waals surface area contributed by atoms with Crippen molar-refractivity contribution in [2.24, 2.45) is 0 Å². The van der Waals surface area contributed by atoms with Gasteiger partial charge in [-0.1, -0.05) is 19.4 Å². The van der Waals surface area contributed by atoms with E-state index in [1.807, 2.05) is 20.8 Å². The Hall–Kier alpha value is -2.05. The topological polar surface area (TPSA) is 82.1 Å². The third-order valence-corrected chi connectivity index (χ3v) is 4.14. The van der Waals surface area contributed by atoms with Crippen molar-refractivity contribution in [2.75, 3.05) is 13.7 Å². The van der Waals surface area contributed by atoms with E-state index in [-0.39, 0.29) is 18.0 Å². The number of amides is 1. The Bertz CT molecular complexity index is 537. The monoisotopic (exact) mass is 369 g/mol. The standard InChI is InChI=1S/C19H31NO6/c1-13(17(22)24-6)16(25-14(2)21)12-15-10-8-7-9-11-20(15)18(23)26-19(3,4)5/h15-16H,1,7-12H2,2-6H3. The number of carbonyl (C=O) groups is 3. The molecular weight excluding hydrogens is 338 g/mol. The fraction of sp³-hybridized carbons (Fsp3) is 0.737. The second-order valence-corrected chi connectivity index (χ2v) is 7.53. The number of hydrogen-bond donors (Lipinski definition) is 0. The van der Waals surface area contributed by atoms with E-state index in [9.17, 15) is 14.4 Å². The third kappa shape index (κ3) is 7.06. The molecule has 0 saturated carbocycles. The first kappa shape index (κ1) is 22.0.